The normalized spacial score (nSPS) is 12.9. The molecule has 1 rings (SSSR count). The van der Waals surface area contributed by atoms with Crippen LogP contribution in [-0.2, 0) is 11.1 Å². The van der Waals surface area contributed by atoms with Crippen molar-refractivity contribution >= 4 is 11.1 Å². The zero-order chi connectivity index (χ0) is 10.7. The van der Waals surface area contributed by atoms with E-state index < -0.39 is 23.1 Å². The molecule has 78 valence electrons. The second kappa shape index (κ2) is 4.47. The fourth-order valence-electron chi connectivity index (χ4n) is 0.983. The quantitative estimate of drug-likeness (QED) is 0.797. The van der Waals surface area contributed by atoms with Crippen molar-refractivity contribution in [3.05, 3.63) is 23.8 Å². The summed E-state index contributed by atoms with van der Waals surface area (Å²) in [5.41, 5.74) is -0.481. The van der Waals surface area contributed by atoms with Crippen LogP contribution in [0, 0.1) is 0 Å². The van der Waals surface area contributed by atoms with Crippen LogP contribution in [0.2, 0.25) is 0 Å². The first-order valence-corrected chi connectivity index (χ1v) is 4.74. The maximum Gasteiger partial charge on any atom is 0.265 e. The van der Waals surface area contributed by atoms with E-state index in [-0.39, 0.29) is 10.6 Å². The van der Waals surface area contributed by atoms with Gasteiger partial charge in [-0.3, -0.25) is 0 Å². The predicted molar refractivity (Wildman–Crippen MR) is 47.0 cm³/mol. The van der Waals surface area contributed by atoms with Gasteiger partial charge in [-0.05, 0) is 18.2 Å². The van der Waals surface area contributed by atoms with Gasteiger partial charge < -0.3 is 9.29 Å². The molecule has 0 aliphatic carbocycles. The molecule has 6 heteroatoms. The van der Waals surface area contributed by atoms with Gasteiger partial charge in [-0.25, -0.2) is 13.0 Å². The summed E-state index contributed by atoms with van der Waals surface area (Å²) in [6.45, 7) is 0. The summed E-state index contributed by atoms with van der Waals surface area (Å²) in [7, 11) is 1.33. The monoisotopic (exact) mass is 222 g/mol. The van der Waals surface area contributed by atoms with E-state index in [4.69, 9.17) is 9.29 Å². The maximum absolute atomic E-state index is 12.4. The minimum Gasteiger partial charge on any atom is -0.497 e. The summed E-state index contributed by atoms with van der Waals surface area (Å²) in [4.78, 5) is -0.291. The van der Waals surface area contributed by atoms with E-state index in [1.54, 1.807) is 0 Å². The zero-order valence-electron chi connectivity index (χ0n) is 7.24. The van der Waals surface area contributed by atoms with Gasteiger partial charge in [-0.15, -0.1) is 0 Å². The Bertz CT molecular complexity index is 354. The topological polar surface area (TPSA) is 46.5 Å². The lowest BCUT2D eigenvalue weighted by Gasteiger charge is -2.07. The first kappa shape index (κ1) is 11.1. The molecule has 0 saturated carbocycles. The molecule has 0 aliphatic heterocycles. The Balaban J connectivity index is 3.24. The van der Waals surface area contributed by atoms with Crippen LogP contribution in [0.3, 0.4) is 0 Å². The molecule has 1 unspecified atom stereocenters. The summed E-state index contributed by atoms with van der Waals surface area (Å²) < 4.78 is 48.9. The summed E-state index contributed by atoms with van der Waals surface area (Å²) in [6.07, 6.45) is -2.80. The fraction of sp³-hybridized carbons (Fsp3) is 0.250. The Morgan fingerprint density at radius 1 is 1.50 bits per heavy atom. The highest BCUT2D eigenvalue weighted by molar-refractivity contribution is 7.79. The van der Waals surface area contributed by atoms with Crippen molar-refractivity contribution in [3.8, 4) is 5.75 Å². The highest BCUT2D eigenvalue weighted by Crippen LogP contribution is 2.28. The van der Waals surface area contributed by atoms with Crippen molar-refractivity contribution in [2.24, 2.45) is 0 Å². The second-order valence-electron chi connectivity index (χ2n) is 2.45. The first-order chi connectivity index (χ1) is 6.56. The van der Waals surface area contributed by atoms with E-state index in [1.807, 2.05) is 0 Å². The van der Waals surface area contributed by atoms with Crippen molar-refractivity contribution in [1.29, 1.82) is 0 Å². The average Bonchev–Trinajstić information content (AvgIpc) is 2.16. The zero-order valence-corrected chi connectivity index (χ0v) is 8.05. The van der Waals surface area contributed by atoms with Crippen LogP contribution in [0.4, 0.5) is 8.78 Å². The third-order valence-electron chi connectivity index (χ3n) is 1.64. The smallest absolute Gasteiger partial charge is 0.265 e. The number of methoxy groups -OCH3 is 1. The van der Waals surface area contributed by atoms with E-state index in [0.29, 0.717) is 0 Å². The molecule has 14 heavy (non-hydrogen) atoms. The predicted octanol–water partition coefficient (Wildman–Crippen LogP) is 2.21. The second-order valence-corrected chi connectivity index (χ2v) is 3.39. The van der Waals surface area contributed by atoms with E-state index in [0.717, 1.165) is 12.1 Å². The average molecular weight is 222 g/mol. The number of benzene rings is 1. The highest BCUT2D eigenvalue weighted by Gasteiger charge is 2.17. The fourth-order valence-corrected chi connectivity index (χ4v) is 1.52. The number of hydrogen-bond donors (Lipinski definition) is 1. The van der Waals surface area contributed by atoms with Crippen molar-refractivity contribution in [2.75, 3.05) is 7.11 Å². The Labute approximate surface area is 82.0 Å². The van der Waals surface area contributed by atoms with Gasteiger partial charge in [0.1, 0.15) is 5.75 Å². The van der Waals surface area contributed by atoms with Crippen LogP contribution >= 0.6 is 0 Å². The number of halogens is 2. The lowest BCUT2D eigenvalue weighted by Crippen LogP contribution is -1.98. The molecule has 3 nitrogen and oxygen atoms in total. The molecule has 0 radical (unpaired) electrons. The van der Waals surface area contributed by atoms with Crippen LogP contribution in [0.5, 0.6) is 5.75 Å². The van der Waals surface area contributed by atoms with Gasteiger partial charge in [-0.2, -0.15) is 0 Å². The van der Waals surface area contributed by atoms with Crippen LogP contribution in [0.1, 0.15) is 12.0 Å². The van der Waals surface area contributed by atoms with Crippen molar-refractivity contribution in [2.45, 2.75) is 11.3 Å². The minimum atomic E-state index is -2.80. The third-order valence-corrected chi connectivity index (χ3v) is 2.39. The number of alkyl halides is 2. The molecule has 0 spiro atoms. The van der Waals surface area contributed by atoms with Crippen molar-refractivity contribution in [3.63, 3.8) is 0 Å². The summed E-state index contributed by atoms with van der Waals surface area (Å²) in [5.74, 6) is 0.231. The Kier molecular flexibility index (Phi) is 3.54. The van der Waals surface area contributed by atoms with Gasteiger partial charge in [-0.1, -0.05) is 0 Å². The van der Waals surface area contributed by atoms with E-state index in [9.17, 15) is 13.0 Å². The number of rotatable bonds is 3. The maximum atomic E-state index is 12.4. The molecule has 1 atom stereocenters. The molecular formula is C8H8F2O3S. The van der Waals surface area contributed by atoms with Gasteiger partial charge in [0.05, 0.1) is 12.0 Å². The Morgan fingerprint density at radius 3 is 2.57 bits per heavy atom. The van der Waals surface area contributed by atoms with Crippen LogP contribution in [0.25, 0.3) is 0 Å². The SMILES string of the molecule is COc1ccc(S(=O)O)c(C(F)F)c1. The molecule has 0 amide bonds. The molecule has 1 aromatic carbocycles. The molecule has 0 aromatic heterocycles. The van der Waals surface area contributed by atoms with Gasteiger partial charge in [0.2, 0.25) is 0 Å². The largest absolute Gasteiger partial charge is 0.497 e. The lowest BCUT2D eigenvalue weighted by molar-refractivity contribution is 0.147. The third kappa shape index (κ3) is 2.27. The summed E-state index contributed by atoms with van der Waals surface area (Å²) in [6, 6.07) is 3.56. The van der Waals surface area contributed by atoms with E-state index >= 15 is 0 Å². The van der Waals surface area contributed by atoms with Crippen molar-refractivity contribution < 1.29 is 22.3 Å². The van der Waals surface area contributed by atoms with Crippen LogP contribution in [0.15, 0.2) is 23.1 Å². The van der Waals surface area contributed by atoms with Gasteiger partial charge >= 0.3 is 0 Å². The lowest BCUT2D eigenvalue weighted by atomic mass is 10.2. The van der Waals surface area contributed by atoms with Crippen molar-refractivity contribution in [1.82, 2.24) is 0 Å². The molecule has 0 fully saturated rings. The van der Waals surface area contributed by atoms with Crippen LogP contribution in [-0.4, -0.2) is 15.9 Å². The van der Waals surface area contributed by atoms with Crippen LogP contribution < -0.4 is 4.74 Å². The number of hydrogen-bond acceptors (Lipinski definition) is 2. The molecule has 1 aromatic rings. The highest BCUT2D eigenvalue weighted by atomic mass is 32.2. The number of ether oxygens (including phenoxy) is 1. The van der Waals surface area contributed by atoms with Gasteiger partial charge in [0.15, 0.2) is 11.1 Å². The Morgan fingerprint density at radius 2 is 2.14 bits per heavy atom. The summed E-state index contributed by atoms with van der Waals surface area (Å²) in [5, 5.41) is 0. The molecule has 0 saturated heterocycles. The standard InChI is InChI=1S/C8H8F2O3S/c1-13-5-2-3-7(14(11)12)6(4-5)8(9)10/h2-4,8H,1H3,(H,11,12). The van der Waals surface area contributed by atoms with Gasteiger partial charge in [0.25, 0.3) is 6.43 Å². The molecule has 0 bridgehead atoms. The Hall–Kier alpha value is -1.01. The molecule has 0 aliphatic rings. The van der Waals surface area contributed by atoms with E-state index in [2.05, 4.69) is 0 Å². The molecule has 0 heterocycles. The summed E-state index contributed by atoms with van der Waals surface area (Å²) >= 11 is -2.41. The molecule has 1 N–H and O–H groups in total. The van der Waals surface area contributed by atoms with E-state index in [1.165, 1.54) is 13.2 Å². The first-order valence-electron chi connectivity index (χ1n) is 3.63. The molecular weight excluding hydrogens is 214 g/mol. The van der Waals surface area contributed by atoms with Gasteiger partial charge in [0, 0.05) is 5.56 Å². The minimum absolute atomic E-state index is 0.231.